The zero-order chi connectivity index (χ0) is 20.5. The molecule has 0 unspecified atom stereocenters. The summed E-state index contributed by atoms with van der Waals surface area (Å²) < 4.78 is 25.4. The summed E-state index contributed by atoms with van der Waals surface area (Å²) in [4.78, 5) is 4.09. The smallest absolute Gasteiger partial charge is 0.151 e. The van der Waals surface area contributed by atoms with Gasteiger partial charge in [-0.3, -0.25) is 4.98 Å². The maximum absolute atomic E-state index is 14.2. The van der Waals surface area contributed by atoms with Gasteiger partial charge in [0.15, 0.2) is 5.82 Å². The molecule has 0 spiro atoms. The van der Waals surface area contributed by atoms with Gasteiger partial charge in [-0.15, -0.1) is 0 Å². The summed E-state index contributed by atoms with van der Waals surface area (Å²) in [6.07, 6.45) is 1.48. The van der Waals surface area contributed by atoms with Crippen LogP contribution >= 0.6 is 23.2 Å². The van der Waals surface area contributed by atoms with E-state index in [1.54, 1.807) is 12.1 Å². The lowest BCUT2D eigenvalue weighted by atomic mass is 10.1. The molecule has 2 N–H and O–H groups in total. The Balaban J connectivity index is 0.00000136. The zero-order valence-electron chi connectivity index (χ0n) is 15.5. The van der Waals surface area contributed by atoms with Gasteiger partial charge in [-0.05, 0) is 25.2 Å². The van der Waals surface area contributed by atoms with E-state index in [0.717, 1.165) is 17.9 Å². The number of aliphatic hydroxyl groups is 1. The molecule has 28 heavy (non-hydrogen) atoms. The molecule has 8 heteroatoms. The van der Waals surface area contributed by atoms with Crippen molar-refractivity contribution >= 4 is 34.0 Å². The van der Waals surface area contributed by atoms with Crippen molar-refractivity contribution in [2.75, 3.05) is 27.3 Å². The first-order valence-electron chi connectivity index (χ1n) is 8.46. The number of fused-ring (bicyclic) bond motifs is 1. The Morgan fingerprint density at radius 2 is 1.89 bits per heavy atom. The summed E-state index contributed by atoms with van der Waals surface area (Å²) in [5, 5.41) is 12.5. The average molecular weight is 427 g/mol. The molecule has 0 amide bonds. The minimum Gasteiger partial charge on any atom is -0.491 e. The predicted octanol–water partition coefficient (Wildman–Crippen LogP) is 4.47. The highest BCUT2D eigenvalue weighted by Crippen LogP contribution is 2.35. The Labute approximate surface area is 173 Å². The van der Waals surface area contributed by atoms with Crippen LogP contribution in [0, 0.1) is 5.82 Å². The maximum atomic E-state index is 14.2. The van der Waals surface area contributed by atoms with Gasteiger partial charge in [-0.1, -0.05) is 35.3 Å². The van der Waals surface area contributed by atoms with Crippen LogP contribution in [0.1, 0.15) is 5.69 Å². The predicted molar refractivity (Wildman–Crippen MR) is 110 cm³/mol. The van der Waals surface area contributed by atoms with E-state index in [-0.39, 0.29) is 12.3 Å². The fourth-order valence-electron chi connectivity index (χ4n) is 2.44. The van der Waals surface area contributed by atoms with E-state index in [1.165, 1.54) is 12.3 Å². The lowest BCUT2D eigenvalue weighted by Crippen LogP contribution is -2.16. The Hall–Kier alpha value is -2.12. The first-order valence-corrected chi connectivity index (χ1v) is 9.22. The van der Waals surface area contributed by atoms with Crippen molar-refractivity contribution in [3.05, 3.63) is 64.2 Å². The van der Waals surface area contributed by atoms with E-state index >= 15 is 0 Å². The summed E-state index contributed by atoms with van der Waals surface area (Å²) in [6.45, 7) is 1.09. The molecule has 1 heterocycles. The number of aliphatic hydroxyl groups excluding tert-OH is 1. The number of nitrogens with zero attached hydrogens (tertiary/aromatic N) is 1. The quantitative estimate of drug-likeness (QED) is 0.545. The minimum atomic E-state index is -0.478. The Bertz CT molecular complexity index is 925. The van der Waals surface area contributed by atoms with Crippen LogP contribution in [-0.4, -0.2) is 37.4 Å². The highest BCUT2D eigenvalue weighted by Gasteiger charge is 2.11. The van der Waals surface area contributed by atoms with Gasteiger partial charge in [0.05, 0.1) is 16.2 Å². The second-order valence-corrected chi connectivity index (χ2v) is 6.34. The Morgan fingerprint density at radius 1 is 1.11 bits per heavy atom. The average Bonchev–Trinajstić information content (AvgIpc) is 2.72. The SMILES string of the molecule is CNCCOc1cnc(COc2cccc3c(Cl)c(Cl)ccc23)c(F)c1.CO. The molecule has 0 fully saturated rings. The number of likely N-dealkylation sites (N-methyl/N-ethyl adjacent to an activating group) is 1. The third-order valence-electron chi connectivity index (χ3n) is 3.79. The molecule has 0 atom stereocenters. The van der Waals surface area contributed by atoms with Crippen molar-refractivity contribution in [3.63, 3.8) is 0 Å². The summed E-state index contributed by atoms with van der Waals surface area (Å²) in [7, 11) is 2.82. The highest BCUT2D eigenvalue weighted by atomic mass is 35.5. The van der Waals surface area contributed by atoms with Gasteiger partial charge in [-0.2, -0.15) is 0 Å². The fraction of sp³-hybridized carbons (Fsp3) is 0.250. The lowest BCUT2D eigenvalue weighted by Gasteiger charge is -2.11. The summed E-state index contributed by atoms with van der Waals surface area (Å²) >= 11 is 12.3. The van der Waals surface area contributed by atoms with Crippen molar-refractivity contribution < 1.29 is 19.0 Å². The molecule has 0 saturated carbocycles. The van der Waals surface area contributed by atoms with Crippen LogP contribution in [0.15, 0.2) is 42.6 Å². The van der Waals surface area contributed by atoms with Gasteiger partial charge in [0.25, 0.3) is 0 Å². The number of halogens is 3. The van der Waals surface area contributed by atoms with Crippen molar-refractivity contribution in [1.29, 1.82) is 0 Å². The molecule has 1 aromatic heterocycles. The molecule has 0 saturated heterocycles. The normalized spacial score (nSPS) is 10.4. The number of nitrogens with one attached hydrogen (secondary N) is 1. The molecule has 0 aliphatic rings. The number of hydrogen-bond donors (Lipinski definition) is 2. The van der Waals surface area contributed by atoms with Crippen LogP contribution in [0.25, 0.3) is 10.8 Å². The van der Waals surface area contributed by atoms with E-state index in [0.29, 0.717) is 34.7 Å². The van der Waals surface area contributed by atoms with Crippen LogP contribution < -0.4 is 14.8 Å². The highest BCUT2D eigenvalue weighted by molar-refractivity contribution is 6.45. The van der Waals surface area contributed by atoms with Crippen LogP contribution in [0.2, 0.25) is 10.0 Å². The summed E-state index contributed by atoms with van der Waals surface area (Å²) in [5.41, 5.74) is 0.197. The molecule has 3 rings (SSSR count). The summed E-state index contributed by atoms with van der Waals surface area (Å²) in [6, 6.07) is 10.3. The van der Waals surface area contributed by atoms with Crippen LogP contribution in [0.5, 0.6) is 11.5 Å². The third kappa shape index (κ3) is 5.45. The molecule has 0 aliphatic carbocycles. The van der Waals surface area contributed by atoms with Crippen LogP contribution in [0.3, 0.4) is 0 Å². The van der Waals surface area contributed by atoms with Crippen LogP contribution in [0.4, 0.5) is 4.39 Å². The molecule has 5 nitrogen and oxygen atoms in total. The van der Waals surface area contributed by atoms with Crippen LogP contribution in [-0.2, 0) is 6.61 Å². The minimum absolute atomic E-state index is 0.0119. The third-order valence-corrected chi connectivity index (χ3v) is 4.60. The first kappa shape index (κ1) is 22.2. The second-order valence-electron chi connectivity index (χ2n) is 5.55. The van der Waals surface area contributed by atoms with E-state index in [9.17, 15) is 4.39 Å². The van der Waals surface area contributed by atoms with Crippen molar-refractivity contribution in [2.24, 2.45) is 0 Å². The molecular weight excluding hydrogens is 406 g/mol. The standard InChI is InChI=1S/C19H17Cl2FN2O2.CH4O/c1-23-7-8-25-12-9-16(22)17(24-10-12)11-26-18-4-2-3-14-13(18)5-6-15(20)19(14)21;1-2/h2-6,9-10,23H,7-8,11H2,1H3;2H,1H3. The molecule has 150 valence electrons. The number of aromatic nitrogens is 1. The number of hydrogen-bond acceptors (Lipinski definition) is 5. The van der Waals surface area contributed by atoms with E-state index in [4.69, 9.17) is 37.8 Å². The van der Waals surface area contributed by atoms with Gasteiger partial charge in [-0.25, -0.2) is 4.39 Å². The number of ether oxygens (including phenoxy) is 2. The van der Waals surface area contributed by atoms with Gasteiger partial charge in [0.1, 0.15) is 30.4 Å². The molecule has 2 aromatic carbocycles. The fourth-order valence-corrected chi connectivity index (χ4v) is 2.83. The summed E-state index contributed by atoms with van der Waals surface area (Å²) in [5.74, 6) is 0.484. The van der Waals surface area contributed by atoms with Gasteiger partial charge in [0.2, 0.25) is 0 Å². The molecule has 0 aliphatic heterocycles. The Kier molecular flexibility index (Phi) is 8.73. The van der Waals surface area contributed by atoms with Crippen molar-refractivity contribution in [2.45, 2.75) is 6.61 Å². The van der Waals surface area contributed by atoms with Gasteiger partial charge >= 0.3 is 0 Å². The zero-order valence-corrected chi connectivity index (χ0v) is 17.0. The van der Waals surface area contributed by atoms with E-state index < -0.39 is 5.82 Å². The van der Waals surface area contributed by atoms with E-state index in [1.807, 2.05) is 25.2 Å². The van der Waals surface area contributed by atoms with Crippen molar-refractivity contribution in [1.82, 2.24) is 10.3 Å². The number of benzene rings is 2. The lowest BCUT2D eigenvalue weighted by molar-refractivity contribution is 0.292. The molecule has 0 bridgehead atoms. The topological polar surface area (TPSA) is 63.6 Å². The first-order chi connectivity index (χ1) is 13.6. The maximum Gasteiger partial charge on any atom is 0.151 e. The number of rotatable bonds is 7. The largest absolute Gasteiger partial charge is 0.491 e. The van der Waals surface area contributed by atoms with Gasteiger partial charge in [0, 0.05) is 30.5 Å². The molecule has 3 aromatic rings. The second kappa shape index (κ2) is 11.0. The van der Waals surface area contributed by atoms with Crippen molar-refractivity contribution in [3.8, 4) is 11.5 Å². The van der Waals surface area contributed by atoms with Gasteiger partial charge < -0.3 is 19.9 Å². The molecule has 0 radical (unpaired) electrons. The monoisotopic (exact) mass is 426 g/mol. The molecular formula is C20H21Cl2FN2O3. The Morgan fingerprint density at radius 3 is 2.61 bits per heavy atom. The number of pyridine rings is 1. The van der Waals surface area contributed by atoms with E-state index in [2.05, 4.69) is 10.3 Å².